The van der Waals surface area contributed by atoms with Crippen molar-refractivity contribution in [1.29, 1.82) is 5.26 Å². The summed E-state index contributed by atoms with van der Waals surface area (Å²) in [5.41, 5.74) is -0.871. The van der Waals surface area contributed by atoms with Crippen LogP contribution in [0.15, 0.2) is 54.7 Å². The van der Waals surface area contributed by atoms with Gasteiger partial charge < -0.3 is 10.6 Å². The van der Waals surface area contributed by atoms with Gasteiger partial charge in [0.15, 0.2) is 0 Å². The monoisotopic (exact) mass is 556 g/mol. The number of carbonyl (C=O) groups excluding carboxylic acids is 1. The maximum Gasteiger partial charge on any atom is 0.242 e. The van der Waals surface area contributed by atoms with Crippen LogP contribution in [0.1, 0.15) is 49.9 Å². The van der Waals surface area contributed by atoms with Crippen molar-refractivity contribution in [3.63, 3.8) is 0 Å². The molecular formula is C29H28Cl2F2N4O. The van der Waals surface area contributed by atoms with Crippen molar-refractivity contribution in [2.45, 2.75) is 57.5 Å². The molecule has 4 rings (SSSR count). The topological polar surface area (TPSA) is 77.8 Å². The fourth-order valence-corrected chi connectivity index (χ4v) is 5.72. The van der Waals surface area contributed by atoms with Crippen molar-refractivity contribution in [2.24, 2.45) is 5.41 Å². The highest BCUT2D eigenvalue weighted by molar-refractivity contribution is 6.31. The quantitative estimate of drug-likeness (QED) is 0.357. The zero-order valence-corrected chi connectivity index (χ0v) is 23.0. The Kier molecular flexibility index (Phi) is 7.81. The molecule has 38 heavy (non-hydrogen) atoms. The molecule has 2 heterocycles. The lowest BCUT2D eigenvalue weighted by atomic mass is 9.62. The molecule has 1 unspecified atom stereocenters. The van der Waals surface area contributed by atoms with Crippen molar-refractivity contribution in [1.82, 2.24) is 10.3 Å². The van der Waals surface area contributed by atoms with E-state index in [4.69, 9.17) is 23.2 Å². The predicted molar refractivity (Wildman–Crippen MR) is 145 cm³/mol. The second-order valence-corrected chi connectivity index (χ2v) is 11.7. The Morgan fingerprint density at radius 2 is 1.92 bits per heavy atom. The Bertz CT molecular complexity index is 1420. The molecule has 0 radical (unpaired) electrons. The molecule has 1 aliphatic rings. The average Bonchev–Trinajstić information content (AvgIpc) is 3.15. The molecule has 0 aliphatic carbocycles. The first kappa shape index (κ1) is 28.0. The lowest BCUT2D eigenvalue weighted by Gasteiger charge is -2.37. The third kappa shape index (κ3) is 5.13. The number of benzene rings is 2. The summed E-state index contributed by atoms with van der Waals surface area (Å²) in [6, 6.07) is 12.4. The number of hydrogen-bond acceptors (Lipinski definition) is 4. The molecule has 5 nitrogen and oxygen atoms in total. The first-order valence-electron chi connectivity index (χ1n) is 12.2. The number of nitrogens with one attached hydrogen (secondary N) is 2. The molecule has 4 atom stereocenters. The molecule has 1 saturated heterocycles. The van der Waals surface area contributed by atoms with Crippen molar-refractivity contribution < 1.29 is 13.6 Å². The zero-order chi connectivity index (χ0) is 27.8. The van der Waals surface area contributed by atoms with E-state index in [1.807, 2.05) is 20.8 Å². The summed E-state index contributed by atoms with van der Waals surface area (Å²) in [7, 11) is 0. The number of anilines is 1. The second kappa shape index (κ2) is 10.6. The number of aromatic nitrogens is 1. The van der Waals surface area contributed by atoms with Gasteiger partial charge in [0.25, 0.3) is 0 Å². The van der Waals surface area contributed by atoms with Crippen LogP contribution < -0.4 is 10.6 Å². The maximum absolute atomic E-state index is 15.7. The summed E-state index contributed by atoms with van der Waals surface area (Å²) < 4.78 is 31.3. The molecule has 2 aromatic carbocycles. The van der Waals surface area contributed by atoms with E-state index in [1.165, 1.54) is 24.3 Å². The molecular weight excluding hydrogens is 529 g/mol. The average molecular weight is 557 g/mol. The van der Waals surface area contributed by atoms with Gasteiger partial charge >= 0.3 is 0 Å². The number of rotatable bonds is 5. The Balaban J connectivity index is 1.98. The van der Waals surface area contributed by atoms with Gasteiger partial charge in [-0.1, -0.05) is 62.2 Å². The van der Waals surface area contributed by atoms with E-state index < -0.39 is 41.0 Å². The van der Waals surface area contributed by atoms with Crippen LogP contribution in [0.4, 0.5) is 14.5 Å². The highest BCUT2D eigenvalue weighted by Gasteiger charge is 2.61. The van der Waals surface area contributed by atoms with Gasteiger partial charge in [-0.15, -0.1) is 0 Å². The van der Waals surface area contributed by atoms with E-state index in [0.717, 1.165) is 6.07 Å². The minimum atomic E-state index is -1.68. The van der Waals surface area contributed by atoms with Crippen LogP contribution in [0.2, 0.25) is 10.0 Å². The Labute approximate surface area is 231 Å². The molecule has 0 saturated carbocycles. The summed E-state index contributed by atoms with van der Waals surface area (Å²) in [5, 5.41) is 17.0. The number of nitriles is 1. The minimum absolute atomic E-state index is 0.0309. The van der Waals surface area contributed by atoms with Gasteiger partial charge in [-0.3, -0.25) is 9.78 Å². The summed E-state index contributed by atoms with van der Waals surface area (Å²) in [6.07, 6.45) is 1.99. The number of pyridine rings is 1. The van der Waals surface area contributed by atoms with Crippen LogP contribution >= 0.6 is 23.2 Å². The summed E-state index contributed by atoms with van der Waals surface area (Å²) in [4.78, 5) is 18.1. The number of hydrogen-bond donors (Lipinski definition) is 2. The normalized spacial score (nSPS) is 23.2. The van der Waals surface area contributed by atoms with Crippen molar-refractivity contribution in [3.8, 4) is 6.07 Å². The standard InChI is InChI=1S/C29H28Cl2F2N4O/c1-16-22(9-6-12-35-16)36-27(38)26-24(18-7-5-8-20(31)25(18)33)29(15-34,23(37-26)14-28(2,3)4)19-11-10-17(30)13-21(19)32/h5-13,23-24,26,37H,14H2,1-4H3,(H,36,38)/t23-,24-,26?,29-/m0/s1. The highest BCUT2D eigenvalue weighted by atomic mass is 35.5. The lowest BCUT2D eigenvalue weighted by Crippen LogP contribution is -2.45. The van der Waals surface area contributed by atoms with Crippen molar-refractivity contribution >= 4 is 34.8 Å². The lowest BCUT2D eigenvalue weighted by molar-refractivity contribution is -0.118. The van der Waals surface area contributed by atoms with E-state index in [1.54, 1.807) is 31.3 Å². The summed E-state index contributed by atoms with van der Waals surface area (Å²) >= 11 is 12.2. The molecule has 9 heteroatoms. The molecule has 3 aromatic rings. The molecule has 1 amide bonds. The fraction of sp³-hybridized carbons (Fsp3) is 0.345. The molecule has 198 valence electrons. The summed E-state index contributed by atoms with van der Waals surface area (Å²) in [6.45, 7) is 7.69. The number of carbonyl (C=O) groups is 1. The number of halogens is 4. The highest BCUT2D eigenvalue weighted by Crippen LogP contribution is 2.52. The van der Waals surface area contributed by atoms with Gasteiger partial charge in [-0.05, 0) is 54.7 Å². The second-order valence-electron chi connectivity index (χ2n) is 10.8. The Morgan fingerprint density at radius 3 is 2.55 bits per heavy atom. The number of amides is 1. The van der Waals surface area contributed by atoms with Gasteiger partial charge in [0.05, 0.1) is 28.5 Å². The fourth-order valence-electron chi connectivity index (χ4n) is 5.38. The third-order valence-electron chi connectivity index (χ3n) is 7.00. The van der Waals surface area contributed by atoms with Crippen LogP contribution in [-0.2, 0) is 10.2 Å². The van der Waals surface area contributed by atoms with Crippen LogP contribution in [0.3, 0.4) is 0 Å². The molecule has 0 spiro atoms. The van der Waals surface area contributed by atoms with E-state index in [2.05, 4.69) is 21.7 Å². The van der Waals surface area contributed by atoms with E-state index in [9.17, 15) is 10.1 Å². The van der Waals surface area contributed by atoms with Gasteiger partial charge in [0.2, 0.25) is 5.91 Å². The van der Waals surface area contributed by atoms with Gasteiger partial charge in [0, 0.05) is 28.7 Å². The number of aryl methyl sites for hydroxylation is 1. The minimum Gasteiger partial charge on any atom is -0.323 e. The van der Waals surface area contributed by atoms with Crippen LogP contribution in [-0.4, -0.2) is 23.0 Å². The molecule has 1 aliphatic heterocycles. The first-order valence-corrected chi connectivity index (χ1v) is 12.9. The molecule has 1 fully saturated rings. The van der Waals surface area contributed by atoms with Crippen molar-refractivity contribution in [2.75, 3.05) is 5.32 Å². The largest absolute Gasteiger partial charge is 0.323 e. The van der Waals surface area contributed by atoms with Gasteiger partial charge in [-0.25, -0.2) is 8.78 Å². The predicted octanol–water partition coefficient (Wildman–Crippen LogP) is 6.94. The van der Waals surface area contributed by atoms with E-state index in [0.29, 0.717) is 17.8 Å². The van der Waals surface area contributed by atoms with E-state index in [-0.39, 0.29) is 26.6 Å². The Hall–Kier alpha value is -3.05. The van der Waals surface area contributed by atoms with Crippen LogP contribution in [0, 0.1) is 35.3 Å². The Morgan fingerprint density at radius 1 is 1.18 bits per heavy atom. The van der Waals surface area contributed by atoms with Crippen molar-refractivity contribution in [3.05, 3.63) is 93.2 Å². The first-order chi connectivity index (χ1) is 17.9. The van der Waals surface area contributed by atoms with Crippen LogP contribution in [0.25, 0.3) is 0 Å². The van der Waals surface area contributed by atoms with Gasteiger partial charge in [-0.2, -0.15) is 5.26 Å². The molecule has 2 N–H and O–H groups in total. The smallest absolute Gasteiger partial charge is 0.242 e. The molecule has 1 aromatic heterocycles. The third-order valence-corrected chi connectivity index (χ3v) is 7.52. The van der Waals surface area contributed by atoms with Crippen LogP contribution in [0.5, 0.6) is 0 Å². The summed E-state index contributed by atoms with van der Waals surface area (Å²) in [5.74, 6) is -3.11. The number of nitrogens with zero attached hydrogens (tertiary/aromatic N) is 2. The van der Waals surface area contributed by atoms with E-state index >= 15 is 8.78 Å². The maximum atomic E-state index is 15.7. The molecule has 0 bridgehead atoms. The zero-order valence-electron chi connectivity index (χ0n) is 21.4. The van der Waals surface area contributed by atoms with Gasteiger partial charge in [0.1, 0.15) is 17.0 Å². The SMILES string of the molecule is Cc1ncccc1NC(=O)C1N[C@@H](CC(C)(C)C)[C@](C#N)(c2ccc(Cl)cc2F)[C@H]1c1cccc(Cl)c1F.